The molecule has 0 fully saturated rings. The maximum Gasteiger partial charge on any atom is 0.130 e. The quantitative estimate of drug-likeness (QED) is 0.456. The molecule has 0 unspecified atom stereocenters. The smallest absolute Gasteiger partial charge is 0.130 e. The largest absolute Gasteiger partial charge is 0.465 e. The van der Waals surface area contributed by atoms with Crippen LogP contribution in [0, 0.1) is 6.92 Å². The van der Waals surface area contributed by atoms with Crippen LogP contribution in [0.1, 0.15) is 5.56 Å². The van der Waals surface area contributed by atoms with E-state index in [0.717, 1.165) is 11.3 Å². The fraction of sp³-hybridized carbons (Fsp3) is 0.0588. The lowest BCUT2D eigenvalue weighted by Crippen LogP contribution is -1.87. The second-order valence-corrected chi connectivity index (χ2v) is 4.36. The van der Waals surface area contributed by atoms with Gasteiger partial charge in [0.2, 0.25) is 0 Å². The van der Waals surface area contributed by atoms with Crippen LogP contribution in [0.25, 0.3) is 21.5 Å². The maximum atomic E-state index is 5.42. The molecule has 0 aromatic heterocycles. The van der Waals surface area contributed by atoms with Crippen LogP contribution in [0.3, 0.4) is 0 Å². The van der Waals surface area contributed by atoms with Crippen molar-refractivity contribution in [3.8, 4) is 5.75 Å². The first-order valence-corrected chi connectivity index (χ1v) is 6.00. The zero-order chi connectivity index (χ0) is 12.5. The van der Waals surface area contributed by atoms with Crippen LogP contribution in [0.2, 0.25) is 0 Å². The monoisotopic (exact) mass is 234 g/mol. The van der Waals surface area contributed by atoms with Gasteiger partial charge in [-0.2, -0.15) is 0 Å². The van der Waals surface area contributed by atoms with Crippen molar-refractivity contribution in [1.29, 1.82) is 0 Å². The Morgan fingerprint density at radius 1 is 0.889 bits per heavy atom. The van der Waals surface area contributed by atoms with Gasteiger partial charge in [-0.15, -0.1) is 0 Å². The van der Waals surface area contributed by atoms with E-state index in [0.29, 0.717) is 0 Å². The molecule has 0 atom stereocenters. The standard InChI is InChI=1S/C17H14O/c1-3-18-17-11-10-16-14(12(17)2)9-8-13-6-4-5-7-15(13)16/h3-11H,1H2,2H3. The summed E-state index contributed by atoms with van der Waals surface area (Å²) in [4.78, 5) is 0. The highest BCUT2D eigenvalue weighted by Crippen LogP contribution is 2.32. The van der Waals surface area contributed by atoms with Crippen molar-refractivity contribution in [2.45, 2.75) is 6.92 Å². The molecule has 0 saturated heterocycles. The summed E-state index contributed by atoms with van der Waals surface area (Å²) >= 11 is 0. The van der Waals surface area contributed by atoms with Crippen LogP contribution < -0.4 is 4.74 Å². The SMILES string of the molecule is C=COc1ccc2c(ccc3ccccc32)c1C. The van der Waals surface area contributed by atoms with E-state index in [1.54, 1.807) is 0 Å². The topological polar surface area (TPSA) is 9.23 Å². The molecule has 0 aliphatic rings. The molecule has 3 aromatic rings. The van der Waals surface area contributed by atoms with Gasteiger partial charge in [0.05, 0.1) is 6.26 Å². The second-order valence-electron chi connectivity index (χ2n) is 4.36. The van der Waals surface area contributed by atoms with Gasteiger partial charge in [-0.25, -0.2) is 0 Å². The highest BCUT2D eigenvalue weighted by Gasteiger charge is 2.06. The fourth-order valence-electron chi connectivity index (χ4n) is 2.44. The van der Waals surface area contributed by atoms with Crippen LogP contribution >= 0.6 is 0 Å². The Hall–Kier alpha value is -2.28. The molecule has 0 radical (unpaired) electrons. The molecule has 0 aliphatic carbocycles. The van der Waals surface area contributed by atoms with Crippen molar-refractivity contribution in [3.05, 3.63) is 66.9 Å². The van der Waals surface area contributed by atoms with Gasteiger partial charge in [0.25, 0.3) is 0 Å². The average molecular weight is 234 g/mol. The number of hydrogen-bond donors (Lipinski definition) is 0. The average Bonchev–Trinajstić information content (AvgIpc) is 2.42. The Kier molecular flexibility index (Phi) is 2.52. The minimum atomic E-state index is 0.868. The first-order valence-electron chi connectivity index (χ1n) is 6.00. The Labute approximate surface area is 106 Å². The minimum Gasteiger partial charge on any atom is -0.465 e. The van der Waals surface area contributed by atoms with Gasteiger partial charge in [-0.1, -0.05) is 49.0 Å². The van der Waals surface area contributed by atoms with Crippen LogP contribution in [-0.2, 0) is 0 Å². The Morgan fingerprint density at radius 2 is 1.67 bits per heavy atom. The molecular weight excluding hydrogens is 220 g/mol. The van der Waals surface area contributed by atoms with E-state index in [2.05, 4.69) is 56.0 Å². The van der Waals surface area contributed by atoms with Gasteiger partial charge < -0.3 is 4.74 Å². The van der Waals surface area contributed by atoms with Gasteiger partial charge in [-0.05, 0) is 40.1 Å². The van der Waals surface area contributed by atoms with Crippen molar-refractivity contribution < 1.29 is 4.74 Å². The Morgan fingerprint density at radius 3 is 2.50 bits per heavy atom. The lowest BCUT2D eigenvalue weighted by atomic mass is 9.98. The van der Waals surface area contributed by atoms with E-state index in [4.69, 9.17) is 4.74 Å². The van der Waals surface area contributed by atoms with E-state index in [9.17, 15) is 0 Å². The molecular formula is C17H14O. The summed E-state index contributed by atoms with van der Waals surface area (Å²) in [5.74, 6) is 0.868. The van der Waals surface area contributed by atoms with Crippen LogP contribution in [0.4, 0.5) is 0 Å². The van der Waals surface area contributed by atoms with Crippen molar-refractivity contribution in [1.82, 2.24) is 0 Å². The number of aryl methyl sites for hydroxylation is 1. The third-order valence-corrected chi connectivity index (χ3v) is 3.36. The Balaban J connectivity index is 2.40. The lowest BCUT2D eigenvalue weighted by Gasteiger charge is -2.10. The van der Waals surface area contributed by atoms with E-state index in [-0.39, 0.29) is 0 Å². The van der Waals surface area contributed by atoms with Crippen molar-refractivity contribution >= 4 is 21.5 Å². The van der Waals surface area contributed by atoms with Crippen LogP contribution in [0.5, 0.6) is 5.75 Å². The molecule has 3 aromatic carbocycles. The van der Waals surface area contributed by atoms with Crippen LogP contribution in [0.15, 0.2) is 61.4 Å². The molecule has 0 spiro atoms. The highest BCUT2D eigenvalue weighted by molar-refractivity contribution is 6.08. The second kappa shape index (κ2) is 4.19. The molecule has 0 amide bonds. The predicted molar refractivity (Wildman–Crippen MR) is 77.0 cm³/mol. The van der Waals surface area contributed by atoms with Gasteiger partial charge in [0.1, 0.15) is 5.75 Å². The summed E-state index contributed by atoms with van der Waals surface area (Å²) < 4.78 is 5.42. The predicted octanol–water partition coefficient (Wildman–Crippen LogP) is 4.82. The first kappa shape index (κ1) is 10.8. The van der Waals surface area contributed by atoms with Gasteiger partial charge >= 0.3 is 0 Å². The van der Waals surface area contributed by atoms with E-state index >= 15 is 0 Å². The van der Waals surface area contributed by atoms with Crippen molar-refractivity contribution in [2.75, 3.05) is 0 Å². The third-order valence-electron chi connectivity index (χ3n) is 3.36. The number of benzene rings is 3. The van der Waals surface area contributed by atoms with Crippen molar-refractivity contribution in [3.63, 3.8) is 0 Å². The van der Waals surface area contributed by atoms with E-state index < -0.39 is 0 Å². The molecule has 0 saturated carbocycles. The number of fused-ring (bicyclic) bond motifs is 3. The van der Waals surface area contributed by atoms with Gasteiger partial charge in [0.15, 0.2) is 0 Å². The fourth-order valence-corrected chi connectivity index (χ4v) is 2.44. The summed E-state index contributed by atoms with van der Waals surface area (Å²) in [7, 11) is 0. The molecule has 1 nitrogen and oxygen atoms in total. The minimum absolute atomic E-state index is 0.868. The van der Waals surface area contributed by atoms with Crippen molar-refractivity contribution in [2.24, 2.45) is 0 Å². The molecule has 0 heterocycles. The summed E-state index contributed by atoms with van der Waals surface area (Å²) in [6, 6.07) is 16.9. The number of rotatable bonds is 2. The summed E-state index contributed by atoms with van der Waals surface area (Å²) in [5, 5.41) is 5.04. The zero-order valence-corrected chi connectivity index (χ0v) is 10.3. The number of ether oxygens (including phenoxy) is 1. The maximum absolute atomic E-state index is 5.42. The molecule has 18 heavy (non-hydrogen) atoms. The summed E-state index contributed by atoms with van der Waals surface area (Å²) in [6.07, 6.45) is 1.47. The molecule has 0 bridgehead atoms. The summed E-state index contributed by atoms with van der Waals surface area (Å²) in [6.45, 7) is 5.68. The normalized spacial score (nSPS) is 10.7. The van der Waals surface area contributed by atoms with Gasteiger partial charge in [-0.3, -0.25) is 0 Å². The van der Waals surface area contributed by atoms with E-state index in [1.807, 2.05) is 6.07 Å². The molecule has 3 rings (SSSR count). The third kappa shape index (κ3) is 1.56. The molecule has 88 valence electrons. The van der Waals surface area contributed by atoms with E-state index in [1.165, 1.54) is 27.8 Å². The number of hydrogen-bond acceptors (Lipinski definition) is 1. The summed E-state index contributed by atoms with van der Waals surface area (Å²) in [5.41, 5.74) is 1.15. The molecule has 0 N–H and O–H groups in total. The highest BCUT2D eigenvalue weighted by atomic mass is 16.5. The zero-order valence-electron chi connectivity index (χ0n) is 10.3. The Bertz CT molecular complexity index is 741. The van der Waals surface area contributed by atoms with Gasteiger partial charge in [0, 0.05) is 0 Å². The van der Waals surface area contributed by atoms with Crippen LogP contribution in [-0.4, -0.2) is 0 Å². The first-order chi connectivity index (χ1) is 8.81. The lowest BCUT2D eigenvalue weighted by molar-refractivity contribution is 0.480. The molecule has 0 aliphatic heterocycles. The molecule has 1 heteroatoms.